The summed E-state index contributed by atoms with van der Waals surface area (Å²) < 4.78 is 0. The van der Waals surface area contributed by atoms with Gasteiger partial charge in [-0.3, -0.25) is 9.59 Å². The highest BCUT2D eigenvalue weighted by atomic mass is 16.2. The van der Waals surface area contributed by atoms with Gasteiger partial charge in [0.25, 0.3) is 0 Å². The van der Waals surface area contributed by atoms with Crippen molar-refractivity contribution < 1.29 is 9.59 Å². The van der Waals surface area contributed by atoms with Gasteiger partial charge in [0.2, 0.25) is 11.8 Å². The van der Waals surface area contributed by atoms with Crippen molar-refractivity contribution in [1.29, 1.82) is 0 Å². The lowest BCUT2D eigenvalue weighted by Crippen LogP contribution is -2.59. The molecule has 3 fully saturated rings. The summed E-state index contributed by atoms with van der Waals surface area (Å²) in [6, 6.07) is -0.771. The summed E-state index contributed by atoms with van der Waals surface area (Å²) in [5.74, 6) is -0.170. The molecule has 2 bridgehead atoms. The second kappa shape index (κ2) is 2.33. The van der Waals surface area contributed by atoms with Crippen LogP contribution < -0.4 is 10.6 Å². The van der Waals surface area contributed by atoms with Gasteiger partial charge in [0.05, 0.1) is 0 Å². The van der Waals surface area contributed by atoms with Crippen LogP contribution in [-0.2, 0) is 9.59 Å². The zero-order valence-corrected chi connectivity index (χ0v) is 6.59. The summed E-state index contributed by atoms with van der Waals surface area (Å²) >= 11 is 0. The van der Waals surface area contributed by atoms with E-state index in [0.29, 0.717) is 12.8 Å². The fourth-order valence-electron chi connectivity index (χ4n) is 1.62. The van der Waals surface area contributed by atoms with Crippen LogP contribution in [0.2, 0.25) is 0 Å². The van der Waals surface area contributed by atoms with Gasteiger partial charge in [-0.25, -0.2) is 0 Å². The monoisotopic (exact) mass is 166 g/mol. The standard InChI is InChI=1S/C8H10N2O2/c1-4-2-5-7(11)10-6(3-4)8(12)9-5/h5-6H,1-3H2,(H,9,12)(H,10,11)/t5-,6-/m0/s1. The maximum absolute atomic E-state index is 11.2. The predicted molar refractivity (Wildman–Crippen MR) is 42.2 cm³/mol. The van der Waals surface area contributed by atoms with Gasteiger partial charge in [-0.2, -0.15) is 0 Å². The van der Waals surface area contributed by atoms with E-state index >= 15 is 0 Å². The molecular weight excluding hydrogens is 156 g/mol. The van der Waals surface area contributed by atoms with Crippen LogP contribution in [0.1, 0.15) is 12.8 Å². The van der Waals surface area contributed by atoms with Crippen LogP contribution in [0.4, 0.5) is 0 Å². The fraction of sp³-hybridized carbons (Fsp3) is 0.500. The quantitative estimate of drug-likeness (QED) is 0.468. The molecule has 0 unspecified atom stereocenters. The van der Waals surface area contributed by atoms with Gasteiger partial charge in [-0.05, 0) is 12.8 Å². The molecule has 3 aliphatic heterocycles. The highest BCUT2D eigenvalue weighted by molar-refractivity contribution is 5.98. The molecule has 3 rings (SSSR count). The average molecular weight is 166 g/mol. The molecule has 2 N–H and O–H groups in total. The second-order valence-electron chi connectivity index (χ2n) is 3.28. The van der Waals surface area contributed by atoms with Crippen LogP contribution in [0.5, 0.6) is 0 Å². The van der Waals surface area contributed by atoms with Crippen molar-refractivity contribution in [3.05, 3.63) is 12.2 Å². The number of carbonyl (C=O) groups excluding carboxylic acids is 2. The second-order valence-corrected chi connectivity index (χ2v) is 3.28. The lowest BCUT2D eigenvalue weighted by Gasteiger charge is -2.24. The third-order valence-electron chi connectivity index (χ3n) is 2.25. The first-order valence-electron chi connectivity index (χ1n) is 3.94. The molecule has 0 radical (unpaired) electrons. The first-order chi connectivity index (χ1) is 5.66. The van der Waals surface area contributed by atoms with Crippen molar-refractivity contribution in [1.82, 2.24) is 10.6 Å². The molecule has 0 aliphatic carbocycles. The van der Waals surface area contributed by atoms with Crippen molar-refractivity contribution >= 4 is 11.8 Å². The summed E-state index contributed by atoms with van der Waals surface area (Å²) in [4.78, 5) is 22.4. The molecule has 3 heterocycles. The number of amides is 2. The Morgan fingerprint density at radius 2 is 1.50 bits per heavy atom. The van der Waals surface area contributed by atoms with Crippen LogP contribution in [0.15, 0.2) is 12.2 Å². The van der Waals surface area contributed by atoms with Crippen LogP contribution in [-0.4, -0.2) is 23.9 Å². The van der Waals surface area contributed by atoms with E-state index in [9.17, 15) is 9.59 Å². The van der Waals surface area contributed by atoms with Crippen LogP contribution >= 0.6 is 0 Å². The number of rotatable bonds is 0. The predicted octanol–water partition coefficient (Wildman–Crippen LogP) is -0.680. The summed E-state index contributed by atoms with van der Waals surface area (Å²) in [6.07, 6.45) is 1.15. The van der Waals surface area contributed by atoms with Crippen LogP contribution in [0, 0.1) is 0 Å². The Kier molecular flexibility index (Phi) is 1.43. The van der Waals surface area contributed by atoms with E-state index in [1.54, 1.807) is 0 Å². The number of hydrogen-bond donors (Lipinski definition) is 2. The Morgan fingerprint density at radius 3 is 1.92 bits per heavy atom. The summed E-state index contributed by atoms with van der Waals surface area (Å²) in [6.45, 7) is 3.80. The van der Waals surface area contributed by atoms with Crippen LogP contribution in [0.3, 0.4) is 0 Å². The largest absolute Gasteiger partial charge is 0.342 e. The van der Waals surface area contributed by atoms with Gasteiger partial charge < -0.3 is 10.6 Å². The molecule has 2 atom stereocenters. The number of fused-ring (bicyclic) bond motifs is 4. The molecule has 4 nitrogen and oxygen atoms in total. The lowest BCUT2D eigenvalue weighted by molar-refractivity contribution is -0.135. The minimum atomic E-state index is -0.385. The molecule has 0 aromatic carbocycles. The van der Waals surface area contributed by atoms with Crippen molar-refractivity contribution in [2.45, 2.75) is 24.9 Å². The molecule has 3 aliphatic rings. The fourth-order valence-corrected chi connectivity index (χ4v) is 1.62. The summed E-state index contributed by atoms with van der Waals surface area (Å²) in [5, 5.41) is 5.29. The third kappa shape index (κ3) is 0.995. The van der Waals surface area contributed by atoms with E-state index in [1.807, 2.05) is 0 Å². The van der Waals surface area contributed by atoms with Gasteiger partial charge in [-0.15, -0.1) is 0 Å². The molecule has 3 saturated heterocycles. The molecule has 0 saturated carbocycles. The Labute approximate surface area is 70.0 Å². The molecule has 64 valence electrons. The van der Waals surface area contributed by atoms with Crippen LogP contribution in [0.25, 0.3) is 0 Å². The number of carbonyl (C=O) groups is 2. The SMILES string of the molecule is C=C1C[C@@H]2NC(=O)[C@H](C1)NC2=O. The topological polar surface area (TPSA) is 58.2 Å². The highest BCUT2D eigenvalue weighted by Gasteiger charge is 2.37. The minimum absolute atomic E-state index is 0.0850. The van der Waals surface area contributed by atoms with Crippen molar-refractivity contribution in [2.75, 3.05) is 0 Å². The molecule has 0 spiro atoms. The van der Waals surface area contributed by atoms with Crippen molar-refractivity contribution in [3.63, 3.8) is 0 Å². The Balaban J connectivity index is 2.31. The van der Waals surface area contributed by atoms with Crippen molar-refractivity contribution in [3.8, 4) is 0 Å². The minimum Gasteiger partial charge on any atom is -0.342 e. The normalized spacial score (nSPS) is 34.2. The maximum Gasteiger partial charge on any atom is 0.243 e. The first kappa shape index (κ1) is 7.34. The van der Waals surface area contributed by atoms with E-state index in [0.717, 1.165) is 5.57 Å². The van der Waals surface area contributed by atoms with Gasteiger partial charge in [-0.1, -0.05) is 12.2 Å². The Bertz CT molecular complexity index is 242. The third-order valence-corrected chi connectivity index (χ3v) is 2.25. The average Bonchev–Trinajstić information content (AvgIpc) is 2.17. The molecule has 2 amide bonds. The van der Waals surface area contributed by atoms with E-state index in [2.05, 4.69) is 17.2 Å². The summed E-state index contributed by atoms with van der Waals surface area (Å²) in [5.41, 5.74) is 0.960. The van der Waals surface area contributed by atoms with E-state index in [4.69, 9.17) is 0 Å². The number of piperazine rings is 1. The zero-order valence-electron chi connectivity index (χ0n) is 6.59. The summed E-state index contributed by atoms with van der Waals surface area (Å²) in [7, 11) is 0. The zero-order chi connectivity index (χ0) is 8.72. The van der Waals surface area contributed by atoms with E-state index in [1.165, 1.54) is 0 Å². The number of nitrogens with one attached hydrogen (secondary N) is 2. The van der Waals surface area contributed by atoms with Gasteiger partial charge in [0.15, 0.2) is 0 Å². The molecule has 12 heavy (non-hydrogen) atoms. The van der Waals surface area contributed by atoms with Gasteiger partial charge in [0.1, 0.15) is 12.1 Å². The van der Waals surface area contributed by atoms with Crippen molar-refractivity contribution in [2.24, 2.45) is 0 Å². The number of hydrogen-bond acceptors (Lipinski definition) is 2. The van der Waals surface area contributed by atoms with E-state index < -0.39 is 0 Å². The smallest absolute Gasteiger partial charge is 0.243 e. The highest BCUT2D eigenvalue weighted by Crippen LogP contribution is 2.19. The van der Waals surface area contributed by atoms with Gasteiger partial charge >= 0.3 is 0 Å². The van der Waals surface area contributed by atoms with E-state index in [-0.39, 0.29) is 23.9 Å². The first-order valence-corrected chi connectivity index (χ1v) is 3.94. The Morgan fingerprint density at radius 1 is 1.08 bits per heavy atom. The maximum atomic E-state index is 11.2. The Hall–Kier alpha value is -1.32. The molecule has 0 aromatic heterocycles. The molecular formula is C8H10N2O2. The molecule has 4 heteroatoms. The lowest BCUT2D eigenvalue weighted by atomic mass is 10.1. The molecule has 0 aromatic rings. The van der Waals surface area contributed by atoms with Gasteiger partial charge in [0, 0.05) is 0 Å².